The van der Waals surface area contributed by atoms with Crippen molar-refractivity contribution in [2.45, 2.75) is 61.8 Å². The average molecular weight is 455 g/mol. The van der Waals surface area contributed by atoms with Gasteiger partial charge in [0.25, 0.3) is 0 Å². The van der Waals surface area contributed by atoms with Crippen LogP contribution in [0.3, 0.4) is 0 Å². The van der Waals surface area contributed by atoms with Gasteiger partial charge in [-0.2, -0.15) is 26.6 Å². The SMILES string of the molecule is CSc1nc(OS(=O)(=O)C(F)(F)F)c2c(n1)C1(CC1)N(C(=O)OC(C)(C)C)CC2. The van der Waals surface area contributed by atoms with E-state index < -0.39 is 38.7 Å². The summed E-state index contributed by atoms with van der Waals surface area (Å²) in [7, 11) is -5.88. The van der Waals surface area contributed by atoms with Crippen LogP contribution in [0.1, 0.15) is 44.9 Å². The molecule has 0 saturated heterocycles. The van der Waals surface area contributed by atoms with Gasteiger partial charge in [-0.1, -0.05) is 11.8 Å². The van der Waals surface area contributed by atoms with Crippen LogP contribution < -0.4 is 4.18 Å². The number of rotatable bonds is 3. The van der Waals surface area contributed by atoms with Crippen LogP contribution in [0.2, 0.25) is 0 Å². The standard InChI is InChI=1S/C16H20F3N3O5S2/c1-14(2,3)26-13(23)22-8-5-9-10(15(22)6-7-15)20-12(28-4)21-11(9)27-29(24,25)16(17,18)19/h5-8H2,1-4H3. The summed E-state index contributed by atoms with van der Waals surface area (Å²) >= 11 is 1.02. The molecule has 1 aromatic heterocycles. The predicted molar refractivity (Wildman–Crippen MR) is 97.0 cm³/mol. The largest absolute Gasteiger partial charge is 0.534 e. The molecule has 1 fully saturated rings. The maximum Gasteiger partial charge on any atom is 0.534 e. The molecule has 2 heterocycles. The molecule has 29 heavy (non-hydrogen) atoms. The Morgan fingerprint density at radius 1 is 1.21 bits per heavy atom. The average Bonchev–Trinajstić information content (AvgIpc) is 3.33. The van der Waals surface area contributed by atoms with Gasteiger partial charge in [-0.15, -0.1) is 0 Å². The zero-order valence-corrected chi connectivity index (χ0v) is 17.8. The van der Waals surface area contributed by atoms with E-state index in [4.69, 9.17) is 4.74 Å². The van der Waals surface area contributed by atoms with E-state index in [0.717, 1.165) is 11.8 Å². The van der Waals surface area contributed by atoms with Crippen molar-refractivity contribution in [1.29, 1.82) is 0 Å². The van der Waals surface area contributed by atoms with Gasteiger partial charge in [0.05, 0.1) is 11.2 Å². The number of halogens is 3. The van der Waals surface area contributed by atoms with Crippen LogP contribution in [0, 0.1) is 0 Å². The third-order valence-corrected chi connectivity index (χ3v) is 5.98. The molecule has 0 radical (unpaired) electrons. The van der Waals surface area contributed by atoms with Crippen molar-refractivity contribution < 1.29 is 35.3 Å². The molecular formula is C16H20F3N3O5S2. The van der Waals surface area contributed by atoms with Crippen LogP contribution in [-0.4, -0.2) is 53.3 Å². The molecular weight excluding hydrogens is 435 g/mol. The second-order valence-corrected chi connectivity index (χ2v) is 10.1. The van der Waals surface area contributed by atoms with E-state index >= 15 is 0 Å². The van der Waals surface area contributed by atoms with Crippen molar-refractivity contribution in [3.8, 4) is 5.88 Å². The highest BCUT2D eigenvalue weighted by atomic mass is 32.2. The first kappa shape index (κ1) is 21.9. The Kier molecular flexibility index (Phi) is 5.22. The molecule has 1 aromatic rings. The van der Waals surface area contributed by atoms with Gasteiger partial charge in [0, 0.05) is 12.1 Å². The summed E-state index contributed by atoms with van der Waals surface area (Å²) in [6.45, 7) is 5.30. The summed E-state index contributed by atoms with van der Waals surface area (Å²) in [5.74, 6) is -0.646. The molecule has 1 amide bonds. The van der Waals surface area contributed by atoms with Crippen LogP contribution in [-0.2, 0) is 26.8 Å². The lowest BCUT2D eigenvalue weighted by Crippen LogP contribution is -2.48. The third-order valence-electron chi connectivity index (χ3n) is 4.48. The summed E-state index contributed by atoms with van der Waals surface area (Å²) in [4.78, 5) is 22.4. The summed E-state index contributed by atoms with van der Waals surface area (Å²) in [6, 6.07) is 0. The molecule has 162 valence electrons. The van der Waals surface area contributed by atoms with Crippen LogP contribution in [0.15, 0.2) is 5.16 Å². The first-order valence-corrected chi connectivity index (χ1v) is 11.3. The number of amides is 1. The molecule has 1 saturated carbocycles. The Morgan fingerprint density at radius 3 is 2.31 bits per heavy atom. The van der Waals surface area contributed by atoms with E-state index in [1.807, 2.05) is 0 Å². The fraction of sp³-hybridized carbons (Fsp3) is 0.688. The minimum absolute atomic E-state index is 0.0354. The molecule has 0 aromatic carbocycles. The van der Waals surface area contributed by atoms with Gasteiger partial charge in [0.1, 0.15) is 5.60 Å². The minimum Gasteiger partial charge on any atom is -0.444 e. The summed E-state index contributed by atoms with van der Waals surface area (Å²) in [6.07, 6.45) is 2.12. The third kappa shape index (κ3) is 4.11. The van der Waals surface area contributed by atoms with Gasteiger partial charge in [-0.25, -0.2) is 9.78 Å². The topological polar surface area (TPSA) is 98.7 Å². The molecule has 1 spiro atoms. The number of fused-ring (bicyclic) bond motifs is 2. The summed E-state index contributed by atoms with van der Waals surface area (Å²) < 4.78 is 71.2. The van der Waals surface area contributed by atoms with Crippen molar-refractivity contribution >= 4 is 28.0 Å². The zero-order valence-electron chi connectivity index (χ0n) is 16.2. The Labute approximate surface area is 170 Å². The lowest BCUT2D eigenvalue weighted by molar-refractivity contribution is -0.0502. The highest BCUT2D eigenvalue weighted by molar-refractivity contribution is 7.98. The van der Waals surface area contributed by atoms with E-state index in [-0.39, 0.29) is 23.7 Å². The maximum absolute atomic E-state index is 12.8. The number of hydrogen-bond acceptors (Lipinski definition) is 8. The van der Waals surface area contributed by atoms with Crippen LogP contribution >= 0.6 is 11.8 Å². The highest BCUT2D eigenvalue weighted by Crippen LogP contribution is 2.55. The molecule has 3 rings (SSSR count). The maximum atomic E-state index is 12.8. The van der Waals surface area contributed by atoms with Crippen molar-refractivity contribution in [2.24, 2.45) is 0 Å². The first-order valence-electron chi connectivity index (χ1n) is 8.67. The number of alkyl halides is 3. The highest BCUT2D eigenvalue weighted by Gasteiger charge is 2.58. The van der Waals surface area contributed by atoms with E-state index in [0.29, 0.717) is 18.5 Å². The Morgan fingerprint density at radius 2 is 1.83 bits per heavy atom. The van der Waals surface area contributed by atoms with Gasteiger partial charge in [0.2, 0.25) is 5.88 Å². The Balaban J connectivity index is 2.04. The van der Waals surface area contributed by atoms with E-state index in [1.165, 1.54) is 4.90 Å². The monoisotopic (exact) mass is 455 g/mol. The quantitative estimate of drug-likeness (QED) is 0.297. The van der Waals surface area contributed by atoms with Gasteiger partial charge in [-0.3, -0.25) is 4.90 Å². The summed E-state index contributed by atoms with van der Waals surface area (Å²) in [5, 5.41) is 0.0495. The number of aromatic nitrogens is 2. The Hall–Kier alpha value is -1.76. The van der Waals surface area contributed by atoms with Gasteiger partial charge >= 0.3 is 21.7 Å². The molecule has 0 bridgehead atoms. The van der Waals surface area contributed by atoms with Crippen LogP contribution in [0.4, 0.5) is 18.0 Å². The molecule has 1 aliphatic heterocycles. The zero-order chi connectivity index (χ0) is 21.8. The number of hydrogen-bond donors (Lipinski definition) is 0. The molecule has 0 N–H and O–H groups in total. The van der Waals surface area contributed by atoms with E-state index in [9.17, 15) is 26.4 Å². The second kappa shape index (κ2) is 6.89. The van der Waals surface area contributed by atoms with E-state index in [1.54, 1.807) is 27.0 Å². The number of carbonyl (C=O) groups excluding carboxylic acids is 1. The smallest absolute Gasteiger partial charge is 0.444 e. The molecule has 1 aliphatic carbocycles. The van der Waals surface area contributed by atoms with Crippen LogP contribution in [0.25, 0.3) is 0 Å². The number of ether oxygens (including phenoxy) is 1. The molecule has 0 unspecified atom stereocenters. The van der Waals surface area contributed by atoms with Crippen molar-refractivity contribution in [1.82, 2.24) is 14.9 Å². The van der Waals surface area contributed by atoms with Gasteiger partial charge < -0.3 is 8.92 Å². The molecule has 2 aliphatic rings. The fourth-order valence-electron chi connectivity index (χ4n) is 3.14. The fourth-order valence-corrected chi connectivity index (χ4v) is 3.94. The number of nitrogens with zero attached hydrogens (tertiary/aromatic N) is 3. The first-order chi connectivity index (χ1) is 13.2. The predicted octanol–water partition coefficient (Wildman–Crippen LogP) is 3.21. The lowest BCUT2D eigenvalue weighted by atomic mass is 9.97. The second-order valence-electron chi connectivity index (χ2n) is 7.74. The van der Waals surface area contributed by atoms with E-state index in [2.05, 4.69) is 14.2 Å². The molecule has 8 nitrogen and oxygen atoms in total. The Bertz CT molecular complexity index is 940. The van der Waals surface area contributed by atoms with Gasteiger partial charge in [0.15, 0.2) is 5.16 Å². The molecule has 13 heteroatoms. The van der Waals surface area contributed by atoms with Crippen molar-refractivity contribution in [3.05, 3.63) is 11.3 Å². The normalized spacial score (nSPS) is 18.4. The minimum atomic E-state index is -5.88. The van der Waals surface area contributed by atoms with Crippen LogP contribution in [0.5, 0.6) is 5.88 Å². The lowest BCUT2D eigenvalue weighted by Gasteiger charge is -2.38. The van der Waals surface area contributed by atoms with Gasteiger partial charge in [-0.05, 0) is 46.3 Å². The number of thioether (sulfide) groups is 1. The number of carbonyl (C=O) groups is 1. The van der Waals surface area contributed by atoms with Crippen molar-refractivity contribution in [3.63, 3.8) is 0 Å². The molecule has 0 atom stereocenters. The van der Waals surface area contributed by atoms with Crippen molar-refractivity contribution in [2.75, 3.05) is 12.8 Å². The summed E-state index contributed by atoms with van der Waals surface area (Å²) in [5.41, 5.74) is -6.70.